The van der Waals surface area contributed by atoms with Gasteiger partial charge in [0.25, 0.3) is 0 Å². The molecule has 1 heterocycles. The van der Waals surface area contributed by atoms with Crippen molar-refractivity contribution in [2.24, 2.45) is 0 Å². The van der Waals surface area contributed by atoms with Gasteiger partial charge in [0.1, 0.15) is 17.4 Å². The van der Waals surface area contributed by atoms with Gasteiger partial charge in [-0.25, -0.2) is 0 Å². The summed E-state index contributed by atoms with van der Waals surface area (Å²) in [5.41, 5.74) is -0.373. The zero-order valence-electron chi connectivity index (χ0n) is 19.1. The average molecular weight is 590 g/mol. The average Bonchev–Trinajstić information content (AvgIpc) is 2.79. The lowest BCUT2D eigenvalue weighted by Crippen LogP contribution is -2.35. The lowest BCUT2D eigenvalue weighted by Gasteiger charge is -2.36. The Morgan fingerprint density at radius 3 is 2.34 bits per heavy atom. The number of carboxylic acids is 1. The van der Waals surface area contributed by atoms with E-state index in [4.69, 9.17) is 27.4 Å². The van der Waals surface area contributed by atoms with Gasteiger partial charge in [-0.05, 0) is 48.4 Å². The molecule has 0 aromatic heterocycles. The molecule has 4 rings (SSSR count). The summed E-state index contributed by atoms with van der Waals surface area (Å²) in [4.78, 5) is 25.1. The molecular formula is C24H16Cl2F3NO7S. The van der Waals surface area contributed by atoms with E-state index in [9.17, 15) is 36.3 Å². The van der Waals surface area contributed by atoms with Crippen LogP contribution in [0.5, 0.6) is 5.75 Å². The van der Waals surface area contributed by atoms with Crippen LogP contribution < -0.4 is 9.08 Å². The van der Waals surface area contributed by atoms with Crippen molar-refractivity contribution in [2.75, 3.05) is 11.4 Å². The van der Waals surface area contributed by atoms with Crippen LogP contribution >= 0.6 is 23.2 Å². The van der Waals surface area contributed by atoms with Crippen LogP contribution in [0.15, 0.2) is 59.5 Å². The maximum atomic E-state index is 13.5. The fraction of sp³-hybridized carbons (Fsp3) is 0.167. The van der Waals surface area contributed by atoms with Crippen molar-refractivity contribution in [3.05, 3.63) is 81.3 Å². The Bertz CT molecular complexity index is 1540. The second kappa shape index (κ2) is 10.0. The molecule has 1 unspecified atom stereocenters. The van der Waals surface area contributed by atoms with E-state index >= 15 is 0 Å². The van der Waals surface area contributed by atoms with Gasteiger partial charge < -0.3 is 18.9 Å². The van der Waals surface area contributed by atoms with Gasteiger partial charge in [-0.15, -0.1) is 13.2 Å². The summed E-state index contributed by atoms with van der Waals surface area (Å²) in [7, 11) is -4.87. The quantitative estimate of drug-likeness (QED) is 0.284. The molecule has 0 saturated heterocycles. The van der Waals surface area contributed by atoms with Crippen LogP contribution in [0.2, 0.25) is 10.0 Å². The number of halogens is 5. The molecule has 0 bridgehead atoms. The number of hydrogen-bond acceptors (Lipinski definition) is 7. The highest BCUT2D eigenvalue weighted by Gasteiger charge is 2.45. The normalized spacial score (nSPS) is 14.9. The fourth-order valence-electron chi connectivity index (χ4n) is 4.21. The largest absolute Gasteiger partial charge is 0.575 e. The number of rotatable bonds is 6. The molecule has 1 aliphatic heterocycles. The number of carboxylic acid groups (broad SMARTS) is 1. The van der Waals surface area contributed by atoms with Gasteiger partial charge >= 0.3 is 28.4 Å². The van der Waals surface area contributed by atoms with E-state index in [1.807, 2.05) is 0 Å². The van der Waals surface area contributed by atoms with Crippen molar-refractivity contribution < 1.29 is 45.2 Å². The molecule has 0 amide bonds. The van der Waals surface area contributed by atoms with Crippen molar-refractivity contribution in [1.82, 2.24) is 0 Å². The highest BCUT2D eigenvalue weighted by atomic mass is 35.5. The topological polar surface area (TPSA) is 110 Å². The van der Waals surface area contributed by atoms with Crippen molar-refractivity contribution in [3.8, 4) is 5.75 Å². The first kappa shape index (κ1) is 27.6. The Kier molecular flexibility index (Phi) is 7.26. The minimum Gasteiger partial charge on any atom is -0.480 e. The predicted octanol–water partition coefficient (Wildman–Crippen LogP) is 5.80. The Balaban J connectivity index is 1.97. The third-order valence-electron chi connectivity index (χ3n) is 5.56. The lowest BCUT2D eigenvalue weighted by molar-refractivity contribution is -0.306. The highest BCUT2D eigenvalue weighted by Crippen LogP contribution is 2.49. The molecule has 0 fully saturated rings. The maximum Gasteiger partial charge on any atom is 0.575 e. The second-order valence-corrected chi connectivity index (χ2v) is 10.5. The summed E-state index contributed by atoms with van der Waals surface area (Å²) in [5.74, 6) is -5.33. The number of hydrogen-bond donors (Lipinski definition) is 1. The number of fused-ring (bicyclic) bond motifs is 2. The van der Waals surface area contributed by atoms with Gasteiger partial charge in [-0.2, -0.15) is 8.42 Å². The smallest absolute Gasteiger partial charge is 0.480 e. The van der Waals surface area contributed by atoms with Gasteiger partial charge in [-0.1, -0.05) is 47.5 Å². The summed E-state index contributed by atoms with van der Waals surface area (Å²) < 4.78 is 75.4. The van der Waals surface area contributed by atoms with Crippen molar-refractivity contribution in [2.45, 2.75) is 24.1 Å². The third-order valence-corrected chi connectivity index (χ3v) is 7.34. The van der Waals surface area contributed by atoms with E-state index in [-0.39, 0.29) is 38.3 Å². The van der Waals surface area contributed by atoms with Gasteiger partial charge in [0.05, 0.1) is 5.02 Å². The van der Waals surface area contributed by atoms with Crippen LogP contribution in [0.3, 0.4) is 0 Å². The van der Waals surface area contributed by atoms with Crippen molar-refractivity contribution in [1.29, 1.82) is 0 Å². The molecule has 14 heteroatoms. The Morgan fingerprint density at radius 1 is 1.05 bits per heavy atom. The number of ether oxygens (including phenoxy) is 1. The molecule has 3 aromatic rings. The van der Waals surface area contributed by atoms with E-state index in [0.717, 1.165) is 6.07 Å². The number of alkyl halides is 3. The number of nitrogens with zero attached hydrogens (tertiary/aromatic N) is 1. The van der Waals surface area contributed by atoms with Crippen molar-refractivity contribution in [3.63, 3.8) is 0 Å². The van der Waals surface area contributed by atoms with E-state index in [1.165, 1.54) is 60.4 Å². The zero-order valence-corrected chi connectivity index (χ0v) is 21.5. The fourth-order valence-corrected chi connectivity index (χ4v) is 6.16. The number of para-hydroxylation sites is 1. The van der Waals surface area contributed by atoms with Crippen LogP contribution in [-0.4, -0.2) is 38.4 Å². The number of carbonyl (C=O) groups is 2. The van der Waals surface area contributed by atoms with Crippen molar-refractivity contribution >= 4 is 56.6 Å². The number of aliphatic carboxylic acids is 1. The van der Waals surface area contributed by atoms with E-state index in [1.54, 1.807) is 0 Å². The monoisotopic (exact) mass is 589 g/mol. The van der Waals surface area contributed by atoms with E-state index in [0.29, 0.717) is 0 Å². The minimum atomic E-state index is -5.37. The van der Waals surface area contributed by atoms with Crippen LogP contribution in [0.4, 0.5) is 24.5 Å². The highest BCUT2D eigenvalue weighted by molar-refractivity contribution is 7.87. The molecule has 200 valence electrons. The minimum absolute atomic E-state index is 0.0820. The van der Waals surface area contributed by atoms with Crippen LogP contribution in [0.1, 0.15) is 22.6 Å². The first-order valence-electron chi connectivity index (χ1n) is 10.6. The Morgan fingerprint density at radius 2 is 1.71 bits per heavy atom. The maximum absolute atomic E-state index is 13.5. The molecule has 1 N–H and O–H groups in total. The molecular weight excluding hydrogens is 574 g/mol. The van der Waals surface area contributed by atoms with Crippen LogP contribution in [0.25, 0.3) is 0 Å². The number of benzene rings is 3. The SMILES string of the molecule is Cc1cc(Cl)cc(Cl)c1OS(=O)(=O)c1cccc2c1C(C(=O)OC(F)(F)F)c1ccccc1N2CC(=O)O. The summed E-state index contributed by atoms with van der Waals surface area (Å²) in [6.45, 7) is 0.773. The molecule has 8 nitrogen and oxygen atoms in total. The summed E-state index contributed by atoms with van der Waals surface area (Å²) in [6, 6.07) is 11.7. The first-order chi connectivity index (χ1) is 17.7. The third kappa shape index (κ3) is 5.38. The summed E-state index contributed by atoms with van der Waals surface area (Å²) in [5, 5.41) is 9.54. The summed E-state index contributed by atoms with van der Waals surface area (Å²) in [6.07, 6.45) is -5.37. The Hall–Kier alpha value is -3.48. The Labute approximate surface area is 224 Å². The number of anilines is 2. The second-order valence-electron chi connectivity index (χ2n) is 8.10. The number of carbonyl (C=O) groups excluding carboxylic acids is 1. The molecule has 0 spiro atoms. The molecule has 3 aromatic carbocycles. The first-order valence-corrected chi connectivity index (χ1v) is 12.8. The lowest BCUT2D eigenvalue weighted by atomic mass is 9.84. The zero-order chi connectivity index (χ0) is 28.0. The standard InChI is InChI=1S/C24H16Cl2F3NO7S/c1-12-9-13(25)10-15(26)22(12)37-38(34,35)18-8-4-7-17-21(18)20(23(33)36-24(27,28)29)14-5-2-3-6-16(14)30(17)11-19(31)32/h2-10,20H,11H2,1H3,(H,31,32). The van der Waals surface area contributed by atoms with Gasteiger partial charge in [0, 0.05) is 22.0 Å². The number of esters is 1. The predicted molar refractivity (Wildman–Crippen MR) is 131 cm³/mol. The van der Waals surface area contributed by atoms with E-state index in [2.05, 4.69) is 4.74 Å². The van der Waals surface area contributed by atoms with Gasteiger partial charge in [-0.3, -0.25) is 9.59 Å². The van der Waals surface area contributed by atoms with Crippen LogP contribution in [0, 0.1) is 6.92 Å². The molecule has 1 aliphatic rings. The molecule has 38 heavy (non-hydrogen) atoms. The van der Waals surface area contributed by atoms with Gasteiger partial charge in [0.15, 0.2) is 5.75 Å². The molecule has 1 atom stereocenters. The molecule has 0 radical (unpaired) electrons. The van der Waals surface area contributed by atoms with Gasteiger partial charge in [0.2, 0.25) is 0 Å². The van der Waals surface area contributed by atoms with E-state index < -0.39 is 51.3 Å². The van der Waals surface area contributed by atoms with Crippen LogP contribution in [-0.2, 0) is 24.4 Å². The number of aryl methyl sites for hydroxylation is 1. The molecule has 0 aliphatic carbocycles. The molecule has 0 saturated carbocycles. The summed E-state index contributed by atoms with van der Waals surface area (Å²) >= 11 is 12.1.